The molecule has 0 aromatic heterocycles. The van der Waals surface area contributed by atoms with Crippen LogP contribution in [0.25, 0.3) is 11.1 Å². The van der Waals surface area contributed by atoms with Crippen molar-refractivity contribution in [3.63, 3.8) is 0 Å². The third-order valence-corrected chi connectivity index (χ3v) is 5.78. The van der Waals surface area contributed by atoms with E-state index in [1.807, 2.05) is 0 Å². The number of benzene rings is 2. The van der Waals surface area contributed by atoms with Crippen molar-refractivity contribution in [2.24, 2.45) is 11.8 Å². The van der Waals surface area contributed by atoms with E-state index in [9.17, 15) is 0 Å². The van der Waals surface area contributed by atoms with Gasteiger partial charge in [-0.25, -0.2) is 0 Å². The lowest BCUT2D eigenvalue weighted by atomic mass is 9.83. The molecule has 2 aromatic rings. The monoisotopic (exact) mass is 374 g/mol. The standard InChI is InChI=1S/C27H34O/c1-3-4-5-6-21-28-27-19-17-26(18-20-27)25-15-13-24(14-16-25)12-11-23-9-7-22(2)8-10-23/h13-20,22-23H,3-10,21H2,1-2H3/t22-,23-. The molecule has 1 aliphatic rings. The predicted molar refractivity (Wildman–Crippen MR) is 120 cm³/mol. The highest BCUT2D eigenvalue weighted by atomic mass is 16.5. The molecule has 1 heteroatoms. The van der Waals surface area contributed by atoms with Crippen LogP contribution in [-0.4, -0.2) is 6.61 Å². The molecule has 3 rings (SSSR count). The molecule has 0 heterocycles. The summed E-state index contributed by atoms with van der Waals surface area (Å²) in [5.74, 6) is 9.31. The minimum absolute atomic E-state index is 0.588. The van der Waals surface area contributed by atoms with Crippen molar-refractivity contribution in [2.75, 3.05) is 6.61 Å². The summed E-state index contributed by atoms with van der Waals surface area (Å²) in [4.78, 5) is 0. The zero-order valence-corrected chi connectivity index (χ0v) is 17.5. The minimum Gasteiger partial charge on any atom is -0.494 e. The van der Waals surface area contributed by atoms with Gasteiger partial charge in [0, 0.05) is 11.5 Å². The van der Waals surface area contributed by atoms with Crippen LogP contribution in [0.5, 0.6) is 5.75 Å². The lowest BCUT2D eigenvalue weighted by Gasteiger charge is -2.21. The van der Waals surface area contributed by atoms with Gasteiger partial charge in [0.1, 0.15) is 5.75 Å². The van der Waals surface area contributed by atoms with Crippen molar-refractivity contribution in [3.8, 4) is 28.7 Å². The first-order valence-corrected chi connectivity index (χ1v) is 11.1. The molecule has 0 spiro atoms. The van der Waals surface area contributed by atoms with Gasteiger partial charge in [-0.05, 0) is 73.4 Å². The molecule has 0 saturated heterocycles. The van der Waals surface area contributed by atoms with E-state index in [-0.39, 0.29) is 0 Å². The molecule has 2 aromatic carbocycles. The molecule has 28 heavy (non-hydrogen) atoms. The topological polar surface area (TPSA) is 9.23 Å². The van der Waals surface area contributed by atoms with Crippen LogP contribution in [0.2, 0.25) is 0 Å². The Morgan fingerprint density at radius 2 is 1.46 bits per heavy atom. The van der Waals surface area contributed by atoms with Gasteiger partial charge >= 0.3 is 0 Å². The fourth-order valence-corrected chi connectivity index (χ4v) is 3.80. The third-order valence-electron chi connectivity index (χ3n) is 5.78. The van der Waals surface area contributed by atoms with E-state index in [1.54, 1.807) is 0 Å². The van der Waals surface area contributed by atoms with Crippen LogP contribution in [0, 0.1) is 23.7 Å². The maximum atomic E-state index is 5.84. The normalized spacial score (nSPS) is 18.9. The van der Waals surface area contributed by atoms with Gasteiger partial charge in [-0.3, -0.25) is 0 Å². The lowest BCUT2D eigenvalue weighted by molar-refractivity contribution is 0.305. The molecular formula is C27H34O. The first-order chi connectivity index (χ1) is 13.7. The molecule has 0 N–H and O–H groups in total. The van der Waals surface area contributed by atoms with E-state index in [1.165, 1.54) is 56.1 Å². The highest BCUT2D eigenvalue weighted by Gasteiger charge is 2.15. The minimum atomic E-state index is 0.588. The number of ether oxygens (including phenoxy) is 1. The van der Waals surface area contributed by atoms with E-state index in [2.05, 4.69) is 74.2 Å². The summed E-state index contributed by atoms with van der Waals surface area (Å²) >= 11 is 0. The predicted octanol–water partition coefficient (Wildman–Crippen LogP) is 7.49. The van der Waals surface area contributed by atoms with Gasteiger partial charge in [0.25, 0.3) is 0 Å². The zero-order chi connectivity index (χ0) is 19.6. The number of unbranched alkanes of at least 4 members (excludes halogenated alkanes) is 3. The maximum absolute atomic E-state index is 5.84. The van der Waals surface area contributed by atoms with E-state index in [0.717, 1.165) is 30.3 Å². The number of rotatable bonds is 7. The molecule has 0 aliphatic heterocycles. The molecule has 0 radical (unpaired) electrons. The van der Waals surface area contributed by atoms with Crippen molar-refractivity contribution >= 4 is 0 Å². The second kappa shape index (κ2) is 11.0. The average Bonchev–Trinajstić information content (AvgIpc) is 2.74. The highest BCUT2D eigenvalue weighted by Crippen LogP contribution is 2.28. The van der Waals surface area contributed by atoms with Crippen LogP contribution in [0.1, 0.15) is 70.8 Å². The largest absolute Gasteiger partial charge is 0.494 e. The third kappa shape index (κ3) is 6.45. The van der Waals surface area contributed by atoms with Gasteiger partial charge in [-0.15, -0.1) is 0 Å². The van der Waals surface area contributed by atoms with Crippen molar-refractivity contribution in [3.05, 3.63) is 54.1 Å². The molecule has 0 unspecified atom stereocenters. The van der Waals surface area contributed by atoms with E-state index in [0.29, 0.717) is 5.92 Å². The Labute approximate surface area is 171 Å². The molecule has 0 bridgehead atoms. The second-order valence-corrected chi connectivity index (χ2v) is 8.24. The van der Waals surface area contributed by atoms with Gasteiger partial charge < -0.3 is 4.74 Å². The molecule has 0 atom stereocenters. The summed E-state index contributed by atoms with van der Waals surface area (Å²) in [6.07, 6.45) is 10.1. The molecule has 0 amide bonds. The van der Waals surface area contributed by atoms with Gasteiger partial charge in [-0.1, -0.05) is 69.2 Å². The fourth-order valence-electron chi connectivity index (χ4n) is 3.80. The van der Waals surface area contributed by atoms with Gasteiger partial charge in [0.2, 0.25) is 0 Å². The van der Waals surface area contributed by atoms with E-state index >= 15 is 0 Å². The van der Waals surface area contributed by atoms with Crippen LogP contribution in [0.15, 0.2) is 48.5 Å². The molecule has 1 fully saturated rings. The van der Waals surface area contributed by atoms with Crippen LogP contribution >= 0.6 is 0 Å². The highest BCUT2D eigenvalue weighted by molar-refractivity contribution is 5.65. The summed E-state index contributed by atoms with van der Waals surface area (Å²) in [5.41, 5.74) is 3.57. The van der Waals surface area contributed by atoms with Crippen molar-refractivity contribution in [1.82, 2.24) is 0 Å². The van der Waals surface area contributed by atoms with Gasteiger partial charge in [0.05, 0.1) is 6.61 Å². The fraction of sp³-hybridized carbons (Fsp3) is 0.481. The Balaban J connectivity index is 1.52. The lowest BCUT2D eigenvalue weighted by Crippen LogP contribution is -2.10. The van der Waals surface area contributed by atoms with Crippen LogP contribution in [-0.2, 0) is 0 Å². The summed E-state index contributed by atoms with van der Waals surface area (Å²) in [6, 6.07) is 17.1. The van der Waals surface area contributed by atoms with Crippen molar-refractivity contribution in [1.29, 1.82) is 0 Å². The zero-order valence-electron chi connectivity index (χ0n) is 17.5. The Morgan fingerprint density at radius 1 is 0.821 bits per heavy atom. The molecular weight excluding hydrogens is 340 g/mol. The van der Waals surface area contributed by atoms with Gasteiger partial charge in [0.15, 0.2) is 0 Å². The Kier molecular flexibility index (Phi) is 8.04. The Hall–Kier alpha value is -2.20. The second-order valence-electron chi connectivity index (χ2n) is 8.24. The van der Waals surface area contributed by atoms with Crippen LogP contribution in [0.3, 0.4) is 0 Å². The van der Waals surface area contributed by atoms with E-state index in [4.69, 9.17) is 4.74 Å². The van der Waals surface area contributed by atoms with Crippen LogP contribution < -0.4 is 4.74 Å². The quantitative estimate of drug-likeness (QED) is 0.360. The van der Waals surface area contributed by atoms with E-state index < -0.39 is 0 Å². The number of hydrogen-bond donors (Lipinski definition) is 0. The summed E-state index contributed by atoms with van der Waals surface area (Å²) < 4.78 is 5.84. The first-order valence-electron chi connectivity index (χ1n) is 11.1. The first kappa shape index (κ1) is 20.5. The Morgan fingerprint density at radius 3 is 2.11 bits per heavy atom. The summed E-state index contributed by atoms with van der Waals surface area (Å²) in [7, 11) is 0. The molecule has 1 nitrogen and oxygen atoms in total. The van der Waals surface area contributed by atoms with Crippen molar-refractivity contribution in [2.45, 2.75) is 65.2 Å². The Bertz CT molecular complexity index is 753. The molecule has 148 valence electrons. The smallest absolute Gasteiger partial charge is 0.119 e. The average molecular weight is 375 g/mol. The van der Waals surface area contributed by atoms with Crippen molar-refractivity contribution < 1.29 is 4.74 Å². The molecule has 1 saturated carbocycles. The van der Waals surface area contributed by atoms with Gasteiger partial charge in [-0.2, -0.15) is 0 Å². The van der Waals surface area contributed by atoms with Crippen LogP contribution in [0.4, 0.5) is 0 Å². The summed E-state index contributed by atoms with van der Waals surface area (Å²) in [6.45, 7) is 5.40. The SMILES string of the molecule is CCCCCCOc1ccc(-c2ccc(C#C[C@H]3CC[C@H](C)CC3)cc2)cc1. The maximum Gasteiger partial charge on any atom is 0.119 e. The summed E-state index contributed by atoms with van der Waals surface area (Å²) in [5, 5.41) is 0. The molecule has 1 aliphatic carbocycles. The number of hydrogen-bond acceptors (Lipinski definition) is 1.